The van der Waals surface area contributed by atoms with Crippen molar-refractivity contribution >= 4 is 33.7 Å². The van der Waals surface area contributed by atoms with Crippen molar-refractivity contribution in [3.8, 4) is 0 Å². The number of benzene rings is 2. The van der Waals surface area contributed by atoms with E-state index in [0.29, 0.717) is 5.56 Å². The molecule has 3 rings (SSSR count). The molecule has 2 aromatic carbocycles. The fourth-order valence-corrected chi connectivity index (χ4v) is 3.61. The summed E-state index contributed by atoms with van der Waals surface area (Å²) in [5.41, 5.74) is 1.33. The third-order valence-corrected chi connectivity index (χ3v) is 4.61. The van der Waals surface area contributed by atoms with Gasteiger partial charge in [-0.3, -0.25) is 0 Å². The molecule has 1 atom stereocenters. The van der Waals surface area contributed by atoms with Gasteiger partial charge in [-0.05, 0) is 18.2 Å². The minimum absolute atomic E-state index is 0.259. The Balaban J connectivity index is 2.00. The summed E-state index contributed by atoms with van der Waals surface area (Å²) in [4.78, 5) is 12.9. The first kappa shape index (κ1) is 11.8. The van der Waals surface area contributed by atoms with Crippen LogP contribution in [0.15, 0.2) is 57.9 Å². The van der Waals surface area contributed by atoms with Crippen molar-refractivity contribution in [3.05, 3.63) is 64.1 Å². The van der Waals surface area contributed by atoms with Crippen LogP contribution in [0.1, 0.15) is 21.4 Å². The highest BCUT2D eigenvalue weighted by Crippen LogP contribution is 2.44. The van der Waals surface area contributed by atoms with Gasteiger partial charge in [0.25, 0.3) is 0 Å². The van der Waals surface area contributed by atoms with Crippen LogP contribution < -0.4 is 0 Å². The molecule has 0 bridgehead atoms. The van der Waals surface area contributed by atoms with E-state index in [4.69, 9.17) is 4.74 Å². The van der Waals surface area contributed by atoms with Gasteiger partial charge in [-0.2, -0.15) is 0 Å². The molecule has 0 aromatic heterocycles. The predicted molar refractivity (Wildman–Crippen MR) is 74.6 cm³/mol. The van der Waals surface area contributed by atoms with Gasteiger partial charge >= 0.3 is 5.97 Å². The molecule has 1 aliphatic rings. The summed E-state index contributed by atoms with van der Waals surface area (Å²) in [6, 6.07) is 15.3. The maximum absolute atomic E-state index is 11.9. The van der Waals surface area contributed by atoms with Crippen LogP contribution in [0.4, 0.5) is 0 Å². The van der Waals surface area contributed by atoms with E-state index in [9.17, 15) is 4.79 Å². The number of hydrogen-bond donors (Lipinski definition) is 0. The van der Waals surface area contributed by atoms with Crippen molar-refractivity contribution < 1.29 is 9.53 Å². The summed E-state index contributed by atoms with van der Waals surface area (Å²) < 4.78 is 6.43. The first-order valence-electron chi connectivity index (χ1n) is 5.47. The summed E-state index contributed by atoms with van der Waals surface area (Å²) >= 11 is 5.04. The highest BCUT2D eigenvalue weighted by molar-refractivity contribution is 9.10. The second-order valence-electron chi connectivity index (χ2n) is 3.87. The number of carbonyl (C=O) groups excluding carboxylic acids is 1. The van der Waals surface area contributed by atoms with Gasteiger partial charge in [0.1, 0.15) is 0 Å². The third-order valence-electron chi connectivity index (χ3n) is 2.71. The van der Waals surface area contributed by atoms with Crippen LogP contribution in [0.3, 0.4) is 0 Å². The highest BCUT2D eigenvalue weighted by Gasteiger charge is 2.28. The minimum Gasteiger partial charge on any atom is -0.442 e. The van der Waals surface area contributed by atoms with E-state index in [2.05, 4.69) is 15.9 Å². The molecule has 1 aliphatic heterocycles. The first-order chi connectivity index (χ1) is 8.75. The molecule has 0 amide bonds. The zero-order valence-corrected chi connectivity index (χ0v) is 11.7. The molecule has 0 fully saturated rings. The largest absolute Gasteiger partial charge is 0.442 e. The predicted octanol–water partition coefficient (Wildman–Crippen LogP) is 4.41. The zero-order chi connectivity index (χ0) is 12.5. The van der Waals surface area contributed by atoms with E-state index in [1.165, 1.54) is 0 Å². The summed E-state index contributed by atoms with van der Waals surface area (Å²) in [6.07, 6.45) is 0. The molecular weight excluding hydrogens is 312 g/mol. The molecule has 90 valence electrons. The lowest BCUT2D eigenvalue weighted by Gasteiger charge is -2.24. The Morgan fingerprint density at radius 3 is 2.61 bits per heavy atom. The van der Waals surface area contributed by atoms with Crippen molar-refractivity contribution in [2.24, 2.45) is 0 Å². The van der Waals surface area contributed by atoms with E-state index < -0.39 is 0 Å². The molecule has 0 spiro atoms. The Hall–Kier alpha value is -1.26. The lowest BCUT2D eigenvalue weighted by Crippen LogP contribution is -2.15. The SMILES string of the molecule is O=C1OC(c2ccccc2Br)Sc2ccccc21. The summed E-state index contributed by atoms with van der Waals surface area (Å²) in [5.74, 6) is -0.259. The Kier molecular flexibility index (Phi) is 3.14. The summed E-state index contributed by atoms with van der Waals surface area (Å²) in [7, 11) is 0. The number of cyclic esters (lactones) is 1. The number of thioether (sulfide) groups is 1. The monoisotopic (exact) mass is 320 g/mol. The zero-order valence-electron chi connectivity index (χ0n) is 9.30. The van der Waals surface area contributed by atoms with Crippen molar-refractivity contribution in [1.29, 1.82) is 0 Å². The number of fused-ring (bicyclic) bond motifs is 1. The molecule has 2 aromatic rings. The first-order valence-corrected chi connectivity index (χ1v) is 7.14. The van der Waals surface area contributed by atoms with E-state index in [0.717, 1.165) is 14.9 Å². The number of ether oxygens (including phenoxy) is 1. The van der Waals surface area contributed by atoms with Crippen LogP contribution in [0, 0.1) is 0 Å². The Bertz CT molecular complexity index is 612. The molecule has 4 heteroatoms. The Morgan fingerprint density at radius 2 is 1.78 bits per heavy atom. The van der Waals surface area contributed by atoms with E-state index in [1.54, 1.807) is 17.8 Å². The van der Waals surface area contributed by atoms with Crippen LogP contribution in [0.5, 0.6) is 0 Å². The van der Waals surface area contributed by atoms with Crippen LogP contribution in [0.25, 0.3) is 0 Å². The minimum atomic E-state index is -0.289. The van der Waals surface area contributed by atoms with Gasteiger partial charge in [-0.25, -0.2) is 4.79 Å². The van der Waals surface area contributed by atoms with Gasteiger partial charge in [0, 0.05) is 14.9 Å². The molecule has 0 radical (unpaired) electrons. The standard InChI is InChI=1S/C14H9BrO2S/c15-11-7-3-1-5-9(11)14-17-13(16)10-6-2-4-8-12(10)18-14/h1-8,14H. The second-order valence-corrected chi connectivity index (χ2v) is 5.83. The molecule has 0 saturated carbocycles. The van der Waals surface area contributed by atoms with Gasteiger partial charge in [0.05, 0.1) is 5.56 Å². The van der Waals surface area contributed by atoms with Crippen molar-refractivity contribution in [1.82, 2.24) is 0 Å². The quantitative estimate of drug-likeness (QED) is 0.728. The molecule has 18 heavy (non-hydrogen) atoms. The second kappa shape index (κ2) is 4.78. The maximum atomic E-state index is 11.9. The van der Waals surface area contributed by atoms with Gasteiger partial charge in [-0.1, -0.05) is 58.0 Å². The van der Waals surface area contributed by atoms with Crippen molar-refractivity contribution in [3.63, 3.8) is 0 Å². The normalized spacial score (nSPS) is 18.1. The Morgan fingerprint density at radius 1 is 1.06 bits per heavy atom. The highest BCUT2D eigenvalue weighted by atomic mass is 79.9. The van der Waals surface area contributed by atoms with Gasteiger partial charge in [-0.15, -0.1) is 0 Å². The lowest BCUT2D eigenvalue weighted by atomic mass is 10.2. The summed E-state index contributed by atoms with van der Waals surface area (Å²) in [5, 5.41) is 0. The fraction of sp³-hybridized carbons (Fsp3) is 0.0714. The topological polar surface area (TPSA) is 26.3 Å². The lowest BCUT2D eigenvalue weighted by molar-refractivity contribution is 0.0439. The molecule has 0 aliphatic carbocycles. The van der Waals surface area contributed by atoms with E-state index in [1.807, 2.05) is 42.5 Å². The molecule has 2 nitrogen and oxygen atoms in total. The molecule has 0 saturated heterocycles. The summed E-state index contributed by atoms with van der Waals surface area (Å²) in [6.45, 7) is 0. The van der Waals surface area contributed by atoms with Crippen LogP contribution in [-0.2, 0) is 4.74 Å². The van der Waals surface area contributed by atoms with E-state index >= 15 is 0 Å². The van der Waals surface area contributed by atoms with E-state index in [-0.39, 0.29) is 11.4 Å². The van der Waals surface area contributed by atoms with Gasteiger partial charge in [0.15, 0.2) is 5.44 Å². The average molecular weight is 321 g/mol. The van der Waals surface area contributed by atoms with Crippen molar-refractivity contribution in [2.75, 3.05) is 0 Å². The van der Waals surface area contributed by atoms with Gasteiger partial charge < -0.3 is 4.74 Å². The van der Waals surface area contributed by atoms with Crippen LogP contribution >= 0.6 is 27.7 Å². The number of esters is 1. The number of halogens is 1. The smallest absolute Gasteiger partial charge is 0.340 e. The maximum Gasteiger partial charge on any atom is 0.340 e. The molecule has 1 unspecified atom stereocenters. The van der Waals surface area contributed by atoms with Crippen molar-refractivity contribution in [2.45, 2.75) is 10.3 Å². The molecule has 0 N–H and O–H groups in total. The Labute approximate surface area is 117 Å². The molecular formula is C14H9BrO2S. The number of rotatable bonds is 1. The van der Waals surface area contributed by atoms with Gasteiger partial charge in [0.2, 0.25) is 0 Å². The third kappa shape index (κ3) is 2.06. The van der Waals surface area contributed by atoms with Crippen LogP contribution in [0.2, 0.25) is 0 Å². The number of carbonyl (C=O) groups is 1. The number of hydrogen-bond acceptors (Lipinski definition) is 3. The van der Waals surface area contributed by atoms with Crippen LogP contribution in [-0.4, -0.2) is 5.97 Å². The fourth-order valence-electron chi connectivity index (χ4n) is 1.83. The average Bonchev–Trinajstić information content (AvgIpc) is 2.39. The molecule has 1 heterocycles.